The molecule has 0 unspecified atom stereocenters. The number of rotatable bonds is 6. The number of oxime groups is 1. The largest absolute Gasteiger partial charge is 0.434 e. The van der Waals surface area contributed by atoms with Gasteiger partial charge in [-0.15, -0.1) is 11.8 Å². The summed E-state index contributed by atoms with van der Waals surface area (Å²) in [6.07, 6.45) is 1.25. The summed E-state index contributed by atoms with van der Waals surface area (Å²) in [4.78, 5) is 16.2. The first-order chi connectivity index (χ1) is 10.7. The lowest BCUT2D eigenvalue weighted by Gasteiger charge is -2.40. The average molecular weight is 402 g/mol. The first kappa shape index (κ1) is 21.2. The Morgan fingerprint density at radius 3 is 2.61 bits per heavy atom. The van der Waals surface area contributed by atoms with Crippen LogP contribution in [0.2, 0.25) is 0 Å². The fourth-order valence-electron chi connectivity index (χ4n) is 1.40. The van der Waals surface area contributed by atoms with Crippen LogP contribution in [-0.2, 0) is 25.7 Å². The maximum atomic E-state index is 11.5. The Hall–Kier alpha value is 0.170. The van der Waals surface area contributed by atoms with Crippen molar-refractivity contribution in [3.63, 3.8) is 0 Å². The monoisotopic (exact) mass is 401 g/mol. The van der Waals surface area contributed by atoms with Gasteiger partial charge in [0, 0.05) is 12.0 Å². The molecule has 7 nitrogen and oxygen atoms in total. The van der Waals surface area contributed by atoms with Gasteiger partial charge in [-0.1, -0.05) is 25.9 Å². The molecule has 0 bridgehead atoms. The van der Waals surface area contributed by atoms with E-state index in [0.717, 1.165) is 0 Å². The van der Waals surface area contributed by atoms with Crippen molar-refractivity contribution in [2.45, 2.75) is 27.7 Å². The van der Waals surface area contributed by atoms with Gasteiger partial charge in [0.2, 0.25) is 0 Å². The summed E-state index contributed by atoms with van der Waals surface area (Å²) in [7, 11) is 0. The van der Waals surface area contributed by atoms with Crippen LogP contribution in [0.25, 0.3) is 0 Å². The lowest BCUT2D eigenvalue weighted by Crippen LogP contribution is -2.33. The molecule has 1 saturated heterocycles. The van der Waals surface area contributed by atoms with Crippen molar-refractivity contribution in [2.24, 2.45) is 10.6 Å². The van der Waals surface area contributed by atoms with Crippen LogP contribution in [0.5, 0.6) is 0 Å². The number of carbonyl (C=O) groups is 1. The Balaban J connectivity index is 2.42. The smallest absolute Gasteiger partial charge is 0.317 e. The number of amides is 1. The molecule has 11 heteroatoms. The maximum Gasteiger partial charge on any atom is 0.434 e. The Labute approximate surface area is 151 Å². The number of nitrogens with one attached hydrogen (secondary N) is 1. The molecule has 0 atom stereocenters. The van der Waals surface area contributed by atoms with E-state index >= 15 is 0 Å². The van der Waals surface area contributed by atoms with E-state index in [0.29, 0.717) is 30.7 Å². The molecule has 1 aliphatic rings. The molecule has 0 aromatic rings. The molecule has 0 spiro atoms. The zero-order chi connectivity index (χ0) is 17.5. The summed E-state index contributed by atoms with van der Waals surface area (Å²) in [5.74, 6) is 0.301. The van der Waals surface area contributed by atoms with Crippen LogP contribution in [0.4, 0.5) is 4.79 Å². The van der Waals surface area contributed by atoms with Crippen molar-refractivity contribution < 1.29 is 18.7 Å². The fourth-order valence-corrected chi connectivity index (χ4v) is 5.83. The van der Waals surface area contributed by atoms with Gasteiger partial charge in [-0.25, -0.2) is 4.79 Å². The summed E-state index contributed by atoms with van der Waals surface area (Å²) < 4.78 is 13.5. The summed E-state index contributed by atoms with van der Waals surface area (Å²) in [6.45, 7) is 7.18. The van der Waals surface area contributed by atoms with Gasteiger partial charge < -0.3 is 14.4 Å². The molecule has 1 rings (SSSR count). The Kier molecular flexibility index (Phi) is 8.85. The van der Waals surface area contributed by atoms with E-state index in [1.807, 2.05) is 17.3 Å². The maximum absolute atomic E-state index is 11.5. The van der Waals surface area contributed by atoms with E-state index in [4.69, 9.17) is 25.7 Å². The van der Waals surface area contributed by atoms with Crippen molar-refractivity contribution in [2.75, 3.05) is 31.9 Å². The average Bonchev–Trinajstić information content (AvgIpc) is 2.52. The number of carbonyl (C=O) groups excluding carboxylic acids is 1. The number of hydrogen-bond acceptors (Lipinski definition) is 8. The lowest BCUT2D eigenvalue weighted by molar-refractivity contribution is 0.0509. The minimum absolute atomic E-state index is 0.0262. The normalized spacial score (nSPS) is 20.3. The highest BCUT2D eigenvalue weighted by Crippen LogP contribution is 2.59. The molecular formula is C12H24N3O4PS3. The van der Waals surface area contributed by atoms with Gasteiger partial charge >= 0.3 is 6.09 Å². The molecule has 0 saturated carbocycles. The minimum atomic E-state index is -2.49. The van der Waals surface area contributed by atoms with Crippen LogP contribution < -0.4 is 5.32 Å². The summed E-state index contributed by atoms with van der Waals surface area (Å²) >= 11 is 8.32. The van der Waals surface area contributed by atoms with Crippen LogP contribution in [0.1, 0.15) is 27.7 Å². The van der Waals surface area contributed by atoms with Gasteiger partial charge in [-0.05, 0) is 36.9 Å². The topological polar surface area (TPSA) is 72.4 Å². The van der Waals surface area contributed by atoms with Gasteiger partial charge in [-0.2, -0.15) is 4.08 Å². The molecular weight excluding hydrogens is 377 g/mol. The minimum Gasteiger partial charge on any atom is -0.317 e. The second-order valence-electron chi connectivity index (χ2n) is 5.49. The van der Waals surface area contributed by atoms with E-state index in [1.165, 1.54) is 23.7 Å². The highest BCUT2D eigenvalue weighted by Gasteiger charge is 2.37. The summed E-state index contributed by atoms with van der Waals surface area (Å²) in [6, 6.07) is 0. The highest BCUT2D eigenvalue weighted by atomic mass is 32.5. The van der Waals surface area contributed by atoms with Crippen LogP contribution in [-0.4, -0.2) is 47.1 Å². The van der Waals surface area contributed by atoms with Crippen molar-refractivity contribution >= 4 is 53.3 Å². The molecule has 0 radical (unpaired) electrons. The summed E-state index contributed by atoms with van der Waals surface area (Å²) in [5.41, 5.74) is -0.0262. The number of nitrogens with zero attached hydrogens (tertiary/aromatic N) is 2. The summed E-state index contributed by atoms with van der Waals surface area (Å²) in [5, 5.41) is 6.94. The van der Waals surface area contributed by atoms with E-state index in [1.54, 1.807) is 6.92 Å². The Bertz CT molecular complexity index is 476. The van der Waals surface area contributed by atoms with Crippen molar-refractivity contribution in [1.82, 2.24) is 9.39 Å². The third kappa shape index (κ3) is 7.29. The Morgan fingerprint density at radius 2 is 2.09 bits per heavy atom. The molecule has 0 aliphatic carbocycles. The zero-order valence-electron chi connectivity index (χ0n) is 14.0. The zero-order valence-corrected chi connectivity index (χ0v) is 17.4. The molecule has 0 aromatic carbocycles. The molecule has 1 aliphatic heterocycles. The van der Waals surface area contributed by atoms with Crippen LogP contribution in [0, 0.1) is 5.41 Å². The number of thioether (sulfide) groups is 1. The van der Waals surface area contributed by atoms with E-state index in [2.05, 4.69) is 24.3 Å². The van der Waals surface area contributed by atoms with E-state index < -0.39 is 12.7 Å². The van der Waals surface area contributed by atoms with E-state index in [9.17, 15) is 4.79 Å². The van der Waals surface area contributed by atoms with Crippen LogP contribution >= 0.6 is 30.4 Å². The molecule has 1 N–H and O–H groups in total. The number of hydrogen-bond donors (Lipinski definition) is 1. The standard InChI is InChI=1S/C12H24N3O4PS3/c1-6-15(20(21)17-7-12(3,4)8-18-20)23-9-13-11(16)19-14-10(2)22-5/h6-9H2,1-5H3,(H,13,16). The van der Waals surface area contributed by atoms with Gasteiger partial charge in [-0.3, -0.25) is 4.84 Å². The van der Waals surface area contributed by atoms with Crippen LogP contribution in [0.15, 0.2) is 5.16 Å². The molecule has 1 heterocycles. The predicted molar refractivity (Wildman–Crippen MR) is 101 cm³/mol. The Morgan fingerprint density at radius 1 is 1.48 bits per heavy atom. The van der Waals surface area contributed by atoms with Crippen LogP contribution in [0.3, 0.4) is 0 Å². The third-order valence-corrected chi connectivity index (χ3v) is 8.52. The first-order valence-corrected chi connectivity index (χ1v) is 11.8. The van der Waals surface area contributed by atoms with Gasteiger partial charge in [0.1, 0.15) is 5.04 Å². The van der Waals surface area contributed by atoms with Gasteiger partial charge in [0.05, 0.1) is 19.1 Å². The van der Waals surface area contributed by atoms with Gasteiger partial charge in [0.25, 0.3) is 6.64 Å². The molecule has 134 valence electrons. The molecule has 1 amide bonds. The SMILES string of the molecule is CCN(SCNC(=O)ON=C(C)SC)P1(=S)OCC(C)(C)CO1. The molecule has 23 heavy (non-hydrogen) atoms. The second kappa shape index (κ2) is 9.60. The molecule has 0 aromatic heterocycles. The van der Waals surface area contributed by atoms with E-state index in [-0.39, 0.29) is 5.41 Å². The van der Waals surface area contributed by atoms with Crippen molar-refractivity contribution in [1.29, 1.82) is 0 Å². The van der Waals surface area contributed by atoms with Crippen molar-refractivity contribution in [3.05, 3.63) is 0 Å². The second-order valence-corrected chi connectivity index (χ2v) is 11.1. The first-order valence-electron chi connectivity index (χ1n) is 7.06. The van der Waals surface area contributed by atoms with Crippen molar-refractivity contribution in [3.8, 4) is 0 Å². The molecule has 1 fully saturated rings. The highest BCUT2D eigenvalue weighted by molar-refractivity contribution is 8.15. The quantitative estimate of drug-likeness (QED) is 0.138. The van der Waals surface area contributed by atoms with Gasteiger partial charge in [0.15, 0.2) is 0 Å². The predicted octanol–water partition coefficient (Wildman–Crippen LogP) is 3.63. The fraction of sp³-hybridized carbons (Fsp3) is 0.833. The third-order valence-electron chi connectivity index (χ3n) is 2.76. The lowest BCUT2D eigenvalue weighted by atomic mass is 9.97.